The smallest absolute Gasteiger partial charge is 0.258 e. The SMILES string of the molecule is C#CCNC(=O)COc1ccc(F)c(Br)c1. The van der Waals surface area contributed by atoms with Crippen molar-refractivity contribution in [2.24, 2.45) is 0 Å². The highest BCUT2D eigenvalue weighted by Crippen LogP contribution is 2.21. The van der Waals surface area contributed by atoms with E-state index in [-0.39, 0.29) is 29.3 Å². The van der Waals surface area contributed by atoms with Gasteiger partial charge in [0.25, 0.3) is 5.91 Å². The quantitative estimate of drug-likeness (QED) is 0.856. The van der Waals surface area contributed by atoms with Gasteiger partial charge in [0.15, 0.2) is 6.61 Å². The molecule has 5 heteroatoms. The number of rotatable bonds is 4. The van der Waals surface area contributed by atoms with Crippen LogP contribution in [0.3, 0.4) is 0 Å². The first-order valence-corrected chi connectivity index (χ1v) is 5.21. The Morgan fingerprint density at radius 2 is 2.38 bits per heavy atom. The molecule has 0 aliphatic heterocycles. The first-order valence-electron chi connectivity index (χ1n) is 4.41. The molecule has 0 bridgehead atoms. The number of carbonyl (C=O) groups is 1. The second-order valence-corrected chi connectivity index (χ2v) is 3.70. The largest absolute Gasteiger partial charge is 0.484 e. The van der Waals surface area contributed by atoms with Gasteiger partial charge in [0.2, 0.25) is 0 Å². The fourth-order valence-corrected chi connectivity index (χ4v) is 1.27. The van der Waals surface area contributed by atoms with Gasteiger partial charge in [0, 0.05) is 0 Å². The van der Waals surface area contributed by atoms with Gasteiger partial charge >= 0.3 is 0 Å². The molecule has 0 aliphatic carbocycles. The highest BCUT2D eigenvalue weighted by atomic mass is 79.9. The summed E-state index contributed by atoms with van der Waals surface area (Å²) in [5.41, 5.74) is 0. The summed E-state index contributed by atoms with van der Waals surface area (Å²) in [6, 6.07) is 4.14. The monoisotopic (exact) mass is 285 g/mol. The van der Waals surface area contributed by atoms with Gasteiger partial charge in [-0.15, -0.1) is 6.42 Å². The molecule has 0 aromatic heterocycles. The molecule has 1 aromatic rings. The lowest BCUT2D eigenvalue weighted by Gasteiger charge is -2.06. The number of carbonyl (C=O) groups excluding carboxylic acids is 1. The van der Waals surface area contributed by atoms with E-state index in [1.807, 2.05) is 0 Å². The third-order valence-electron chi connectivity index (χ3n) is 1.65. The van der Waals surface area contributed by atoms with E-state index in [2.05, 4.69) is 27.2 Å². The number of hydrogen-bond acceptors (Lipinski definition) is 2. The van der Waals surface area contributed by atoms with Gasteiger partial charge in [-0.25, -0.2) is 4.39 Å². The number of terminal acetylenes is 1. The van der Waals surface area contributed by atoms with Gasteiger partial charge in [0.1, 0.15) is 11.6 Å². The molecule has 16 heavy (non-hydrogen) atoms. The van der Waals surface area contributed by atoms with Crippen molar-refractivity contribution in [1.29, 1.82) is 0 Å². The fourth-order valence-electron chi connectivity index (χ4n) is 0.916. The first kappa shape index (κ1) is 12.5. The predicted octanol–water partition coefficient (Wildman–Crippen LogP) is 1.72. The summed E-state index contributed by atoms with van der Waals surface area (Å²) < 4.78 is 18.3. The molecule has 84 valence electrons. The van der Waals surface area contributed by atoms with Gasteiger partial charge in [-0.3, -0.25) is 4.79 Å². The van der Waals surface area contributed by atoms with Crippen molar-refractivity contribution in [3.63, 3.8) is 0 Å². The Labute approximate surface area is 101 Å². The molecule has 1 amide bonds. The van der Waals surface area contributed by atoms with E-state index in [1.54, 1.807) is 0 Å². The molecular formula is C11H9BrFNO2. The predicted molar refractivity (Wildman–Crippen MR) is 61.4 cm³/mol. The zero-order chi connectivity index (χ0) is 12.0. The molecule has 3 nitrogen and oxygen atoms in total. The average molecular weight is 286 g/mol. The van der Waals surface area contributed by atoms with Crippen LogP contribution in [0, 0.1) is 18.2 Å². The van der Waals surface area contributed by atoms with Crippen molar-refractivity contribution < 1.29 is 13.9 Å². The van der Waals surface area contributed by atoms with E-state index >= 15 is 0 Å². The van der Waals surface area contributed by atoms with E-state index in [1.165, 1.54) is 18.2 Å². The second-order valence-electron chi connectivity index (χ2n) is 2.85. The van der Waals surface area contributed by atoms with E-state index in [9.17, 15) is 9.18 Å². The fraction of sp³-hybridized carbons (Fsp3) is 0.182. The van der Waals surface area contributed by atoms with Crippen LogP contribution in [0.25, 0.3) is 0 Å². The summed E-state index contributed by atoms with van der Waals surface area (Å²) in [5, 5.41) is 2.44. The van der Waals surface area contributed by atoms with Crippen LogP contribution in [-0.4, -0.2) is 19.1 Å². The van der Waals surface area contributed by atoms with Crippen LogP contribution in [0.4, 0.5) is 4.39 Å². The van der Waals surface area contributed by atoms with Gasteiger partial charge in [0.05, 0.1) is 11.0 Å². The lowest BCUT2D eigenvalue weighted by Crippen LogP contribution is -2.29. The summed E-state index contributed by atoms with van der Waals surface area (Å²) in [4.78, 5) is 11.1. The van der Waals surface area contributed by atoms with Crippen molar-refractivity contribution in [2.75, 3.05) is 13.2 Å². The van der Waals surface area contributed by atoms with Gasteiger partial charge in [-0.1, -0.05) is 5.92 Å². The minimum Gasteiger partial charge on any atom is -0.484 e. The number of nitrogens with one attached hydrogen (secondary N) is 1. The molecule has 0 atom stereocenters. The minimum absolute atomic E-state index is 0.153. The standard InChI is InChI=1S/C11H9BrFNO2/c1-2-5-14-11(15)7-16-8-3-4-10(13)9(12)6-8/h1,3-4,6H,5,7H2,(H,14,15). The molecule has 0 heterocycles. The van der Waals surface area contributed by atoms with Crippen LogP contribution in [0.15, 0.2) is 22.7 Å². The van der Waals surface area contributed by atoms with Crippen LogP contribution in [0.5, 0.6) is 5.75 Å². The van der Waals surface area contributed by atoms with E-state index < -0.39 is 0 Å². The number of amides is 1. The van der Waals surface area contributed by atoms with Gasteiger partial charge < -0.3 is 10.1 Å². The minimum atomic E-state index is -0.385. The highest BCUT2D eigenvalue weighted by Gasteiger charge is 2.04. The number of benzene rings is 1. The Morgan fingerprint density at radius 3 is 3.00 bits per heavy atom. The summed E-state index contributed by atoms with van der Waals surface area (Å²) in [6.45, 7) is 0.00899. The Bertz CT molecular complexity index is 428. The van der Waals surface area contributed by atoms with Crippen molar-refractivity contribution >= 4 is 21.8 Å². The van der Waals surface area contributed by atoms with Gasteiger partial charge in [-0.2, -0.15) is 0 Å². The molecular weight excluding hydrogens is 277 g/mol. The van der Waals surface area contributed by atoms with E-state index in [0.29, 0.717) is 5.75 Å². The summed E-state index contributed by atoms with van der Waals surface area (Å²) in [7, 11) is 0. The number of ether oxygens (including phenoxy) is 1. The molecule has 0 spiro atoms. The van der Waals surface area contributed by atoms with E-state index in [4.69, 9.17) is 11.2 Å². The molecule has 1 rings (SSSR count). The normalized spacial score (nSPS) is 9.31. The molecule has 0 radical (unpaired) electrons. The Morgan fingerprint density at radius 1 is 1.62 bits per heavy atom. The third-order valence-corrected chi connectivity index (χ3v) is 2.26. The molecule has 1 N–H and O–H groups in total. The van der Waals surface area contributed by atoms with E-state index in [0.717, 1.165) is 0 Å². The molecule has 0 fully saturated rings. The zero-order valence-electron chi connectivity index (χ0n) is 8.30. The van der Waals surface area contributed by atoms with Crippen LogP contribution in [0.1, 0.15) is 0 Å². The average Bonchev–Trinajstić information content (AvgIpc) is 2.28. The van der Waals surface area contributed by atoms with Crippen molar-refractivity contribution in [3.8, 4) is 18.1 Å². The summed E-state index contributed by atoms with van der Waals surface area (Å²) in [5.74, 6) is 1.97. The van der Waals surface area contributed by atoms with Gasteiger partial charge in [-0.05, 0) is 34.1 Å². The van der Waals surface area contributed by atoms with Crippen molar-refractivity contribution in [1.82, 2.24) is 5.32 Å². The van der Waals surface area contributed by atoms with Crippen molar-refractivity contribution in [2.45, 2.75) is 0 Å². The summed E-state index contributed by atoms with van der Waals surface area (Å²) >= 11 is 3.01. The topological polar surface area (TPSA) is 38.3 Å². The molecule has 0 saturated heterocycles. The molecule has 0 unspecified atom stereocenters. The van der Waals surface area contributed by atoms with Crippen LogP contribution < -0.4 is 10.1 Å². The van der Waals surface area contributed by atoms with Crippen LogP contribution in [-0.2, 0) is 4.79 Å². The van der Waals surface area contributed by atoms with Crippen LogP contribution in [0.2, 0.25) is 0 Å². The lowest BCUT2D eigenvalue weighted by molar-refractivity contribution is -0.122. The molecule has 0 aliphatic rings. The number of hydrogen-bond donors (Lipinski definition) is 1. The third kappa shape index (κ3) is 3.91. The maximum absolute atomic E-state index is 12.9. The Kier molecular flexibility index (Phi) is 4.80. The Balaban J connectivity index is 2.46. The molecule has 0 saturated carbocycles. The maximum atomic E-state index is 12.9. The molecule has 1 aromatic carbocycles. The lowest BCUT2D eigenvalue weighted by atomic mass is 10.3. The van der Waals surface area contributed by atoms with Crippen molar-refractivity contribution in [3.05, 3.63) is 28.5 Å². The summed E-state index contributed by atoms with van der Waals surface area (Å²) in [6.07, 6.45) is 4.97. The maximum Gasteiger partial charge on any atom is 0.258 e. The second kappa shape index (κ2) is 6.13. The Hall–Kier alpha value is -1.54. The number of halogens is 2. The highest BCUT2D eigenvalue weighted by molar-refractivity contribution is 9.10. The van der Waals surface area contributed by atoms with Crippen LogP contribution >= 0.6 is 15.9 Å². The zero-order valence-corrected chi connectivity index (χ0v) is 9.88. The first-order chi connectivity index (χ1) is 7.63.